The first kappa shape index (κ1) is 13.0. The average Bonchev–Trinajstić information content (AvgIpc) is 2.47. The number of nitrogens with two attached hydrogens (primary N) is 1. The van der Waals surface area contributed by atoms with Gasteiger partial charge in [0.1, 0.15) is 0 Å². The second kappa shape index (κ2) is 4.84. The molecule has 15 heavy (non-hydrogen) atoms. The van der Waals surface area contributed by atoms with Gasteiger partial charge in [-0.2, -0.15) is 0 Å². The largest absolute Gasteiger partial charge is 0.327 e. The van der Waals surface area contributed by atoms with Crippen molar-refractivity contribution in [1.82, 2.24) is 5.32 Å². The Labute approximate surface area is 95.0 Å². The van der Waals surface area contributed by atoms with E-state index in [-0.39, 0.29) is 0 Å². The first-order chi connectivity index (χ1) is 6.90. The number of rotatable bonds is 5. The van der Waals surface area contributed by atoms with E-state index < -0.39 is 0 Å². The molecule has 1 aliphatic carbocycles. The quantitative estimate of drug-likeness (QED) is 0.735. The van der Waals surface area contributed by atoms with Crippen LogP contribution in [-0.2, 0) is 0 Å². The van der Waals surface area contributed by atoms with E-state index in [4.69, 9.17) is 5.73 Å². The zero-order valence-corrected chi connectivity index (χ0v) is 10.9. The van der Waals surface area contributed by atoms with Gasteiger partial charge in [-0.15, -0.1) is 0 Å². The minimum Gasteiger partial charge on any atom is -0.327 e. The van der Waals surface area contributed by atoms with Crippen molar-refractivity contribution in [2.75, 3.05) is 13.1 Å². The summed E-state index contributed by atoms with van der Waals surface area (Å²) >= 11 is 0. The first-order valence-corrected chi connectivity index (χ1v) is 6.36. The van der Waals surface area contributed by atoms with Gasteiger partial charge in [-0.1, -0.05) is 34.1 Å². The van der Waals surface area contributed by atoms with E-state index in [9.17, 15) is 0 Å². The van der Waals surface area contributed by atoms with Crippen LogP contribution in [0.1, 0.15) is 53.4 Å². The number of hydrogen-bond donors (Lipinski definition) is 2. The maximum Gasteiger partial charge on any atom is 0.0105 e. The van der Waals surface area contributed by atoms with Gasteiger partial charge in [0.15, 0.2) is 0 Å². The SMILES string of the molecule is CCC(C)(C)CNCC1(C)CCCC1N. The summed E-state index contributed by atoms with van der Waals surface area (Å²) in [5.74, 6) is 0. The standard InChI is InChI=1S/C13H28N2/c1-5-12(2,3)9-15-10-13(4)8-6-7-11(13)14/h11,15H,5-10,14H2,1-4H3. The molecule has 0 aromatic carbocycles. The summed E-state index contributed by atoms with van der Waals surface area (Å²) in [6.45, 7) is 11.4. The number of hydrogen-bond acceptors (Lipinski definition) is 2. The monoisotopic (exact) mass is 212 g/mol. The van der Waals surface area contributed by atoms with E-state index in [1.54, 1.807) is 0 Å². The minimum atomic E-state index is 0.337. The van der Waals surface area contributed by atoms with Crippen LogP contribution in [0.2, 0.25) is 0 Å². The van der Waals surface area contributed by atoms with Gasteiger partial charge in [0.05, 0.1) is 0 Å². The summed E-state index contributed by atoms with van der Waals surface area (Å²) < 4.78 is 0. The Kier molecular flexibility index (Phi) is 4.19. The fourth-order valence-electron chi connectivity index (χ4n) is 2.29. The third-order valence-corrected chi connectivity index (χ3v) is 4.25. The van der Waals surface area contributed by atoms with Crippen LogP contribution in [0.25, 0.3) is 0 Å². The van der Waals surface area contributed by atoms with Gasteiger partial charge in [0, 0.05) is 19.1 Å². The maximum absolute atomic E-state index is 6.16. The lowest BCUT2D eigenvalue weighted by Gasteiger charge is -2.32. The van der Waals surface area contributed by atoms with Crippen LogP contribution in [0, 0.1) is 10.8 Å². The van der Waals surface area contributed by atoms with E-state index in [2.05, 4.69) is 33.0 Å². The lowest BCUT2D eigenvalue weighted by atomic mass is 9.84. The molecule has 1 fully saturated rings. The molecule has 3 N–H and O–H groups in total. The fraction of sp³-hybridized carbons (Fsp3) is 1.00. The molecule has 2 atom stereocenters. The molecule has 2 nitrogen and oxygen atoms in total. The Morgan fingerprint density at radius 1 is 1.47 bits per heavy atom. The van der Waals surface area contributed by atoms with Gasteiger partial charge in [-0.05, 0) is 30.1 Å². The van der Waals surface area contributed by atoms with Crippen LogP contribution in [0.5, 0.6) is 0 Å². The molecule has 0 radical (unpaired) electrons. The summed E-state index contributed by atoms with van der Waals surface area (Å²) in [4.78, 5) is 0. The van der Waals surface area contributed by atoms with Gasteiger partial charge in [-0.25, -0.2) is 0 Å². The molecule has 1 aliphatic rings. The van der Waals surface area contributed by atoms with Crippen molar-refractivity contribution in [3.63, 3.8) is 0 Å². The second-order valence-electron chi connectivity index (χ2n) is 6.27. The van der Waals surface area contributed by atoms with E-state index in [1.165, 1.54) is 25.7 Å². The summed E-state index contributed by atoms with van der Waals surface area (Å²) in [6, 6.07) is 0.398. The van der Waals surface area contributed by atoms with E-state index in [0.717, 1.165) is 13.1 Å². The zero-order chi connectivity index (χ0) is 11.5. The molecule has 0 saturated heterocycles. The molecule has 0 bridgehead atoms. The van der Waals surface area contributed by atoms with Crippen molar-refractivity contribution in [3.8, 4) is 0 Å². The van der Waals surface area contributed by atoms with Crippen molar-refractivity contribution < 1.29 is 0 Å². The topological polar surface area (TPSA) is 38.0 Å². The van der Waals surface area contributed by atoms with Gasteiger partial charge in [0.2, 0.25) is 0 Å². The van der Waals surface area contributed by atoms with Gasteiger partial charge in [-0.3, -0.25) is 0 Å². The van der Waals surface area contributed by atoms with Gasteiger partial charge < -0.3 is 11.1 Å². The maximum atomic E-state index is 6.16. The average molecular weight is 212 g/mol. The molecular formula is C13H28N2. The molecule has 0 aliphatic heterocycles. The third kappa shape index (κ3) is 3.46. The molecule has 1 saturated carbocycles. The number of nitrogens with one attached hydrogen (secondary N) is 1. The van der Waals surface area contributed by atoms with Crippen molar-refractivity contribution in [2.45, 2.75) is 59.4 Å². The highest BCUT2D eigenvalue weighted by atomic mass is 14.9. The van der Waals surface area contributed by atoms with Crippen LogP contribution in [0.4, 0.5) is 0 Å². The van der Waals surface area contributed by atoms with Crippen LogP contribution in [0.15, 0.2) is 0 Å². The molecule has 0 spiro atoms. The Balaban J connectivity index is 2.31. The van der Waals surface area contributed by atoms with Crippen molar-refractivity contribution >= 4 is 0 Å². The Bertz CT molecular complexity index is 201. The molecule has 1 rings (SSSR count). The van der Waals surface area contributed by atoms with Crippen LogP contribution >= 0.6 is 0 Å². The zero-order valence-electron chi connectivity index (χ0n) is 10.9. The second-order valence-corrected chi connectivity index (χ2v) is 6.27. The van der Waals surface area contributed by atoms with Gasteiger partial charge >= 0.3 is 0 Å². The minimum absolute atomic E-state index is 0.337. The molecule has 2 unspecified atom stereocenters. The highest BCUT2D eigenvalue weighted by Crippen LogP contribution is 2.36. The Morgan fingerprint density at radius 2 is 2.13 bits per heavy atom. The third-order valence-electron chi connectivity index (χ3n) is 4.25. The van der Waals surface area contributed by atoms with Crippen LogP contribution < -0.4 is 11.1 Å². The molecule has 0 heterocycles. The molecular weight excluding hydrogens is 184 g/mol. The molecule has 0 aromatic heterocycles. The smallest absolute Gasteiger partial charge is 0.0105 e. The van der Waals surface area contributed by atoms with E-state index >= 15 is 0 Å². The van der Waals surface area contributed by atoms with Gasteiger partial charge in [0.25, 0.3) is 0 Å². The summed E-state index contributed by atoms with van der Waals surface area (Å²) in [5, 5.41) is 3.61. The summed E-state index contributed by atoms with van der Waals surface area (Å²) in [6.07, 6.45) is 5.02. The lowest BCUT2D eigenvalue weighted by Crippen LogP contribution is -2.44. The predicted octanol–water partition coefficient (Wildman–Crippen LogP) is 2.53. The molecule has 0 aromatic rings. The molecule has 0 amide bonds. The summed E-state index contributed by atoms with van der Waals surface area (Å²) in [7, 11) is 0. The van der Waals surface area contributed by atoms with Crippen molar-refractivity contribution in [2.24, 2.45) is 16.6 Å². The van der Waals surface area contributed by atoms with Crippen molar-refractivity contribution in [1.29, 1.82) is 0 Å². The normalized spacial score (nSPS) is 32.2. The fourth-order valence-corrected chi connectivity index (χ4v) is 2.29. The Morgan fingerprint density at radius 3 is 2.60 bits per heavy atom. The van der Waals surface area contributed by atoms with Crippen molar-refractivity contribution in [3.05, 3.63) is 0 Å². The van der Waals surface area contributed by atoms with E-state index in [0.29, 0.717) is 16.9 Å². The highest BCUT2D eigenvalue weighted by Gasteiger charge is 2.36. The molecule has 2 heteroatoms. The Hall–Kier alpha value is -0.0800. The van der Waals surface area contributed by atoms with E-state index in [1.807, 2.05) is 0 Å². The highest BCUT2D eigenvalue weighted by molar-refractivity contribution is 4.93. The summed E-state index contributed by atoms with van der Waals surface area (Å²) in [5.41, 5.74) is 6.91. The predicted molar refractivity (Wildman–Crippen MR) is 66.9 cm³/mol. The van der Waals surface area contributed by atoms with Crippen LogP contribution in [0.3, 0.4) is 0 Å². The molecule has 90 valence electrons. The first-order valence-electron chi connectivity index (χ1n) is 6.36. The lowest BCUT2D eigenvalue weighted by molar-refractivity contribution is 0.247. The van der Waals surface area contributed by atoms with Crippen LogP contribution in [-0.4, -0.2) is 19.1 Å².